The molecule has 0 bridgehead atoms. The van der Waals surface area contributed by atoms with Crippen LogP contribution < -0.4 is 0 Å². The molecule has 2 rings (SSSR count). The van der Waals surface area contributed by atoms with Gasteiger partial charge in [0.25, 0.3) is 0 Å². The number of carbonyl (C=O) groups is 2. The van der Waals surface area contributed by atoms with Gasteiger partial charge in [-0.05, 0) is 28.5 Å². The Morgan fingerprint density at radius 1 is 1.05 bits per heavy atom. The summed E-state index contributed by atoms with van der Waals surface area (Å²) in [6.45, 7) is 1.23. The zero-order valence-electron chi connectivity index (χ0n) is 11.3. The highest BCUT2D eigenvalue weighted by Crippen LogP contribution is 2.18. The summed E-state index contributed by atoms with van der Waals surface area (Å²) in [5, 5.41) is 2.13. The van der Waals surface area contributed by atoms with Crippen LogP contribution in [-0.2, 0) is 19.1 Å². The molecule has 0 aliphatic carbocycles. The molecule has 0 fully saturated rings. The number of ether oxygens (including phenoxy) is 2. The topological polar surface area (TPSA) is 52.6 Å². The van der Waals surface area contributed by atoms with Crippen LogP contribution in [0.2, 0.25) is 0 Å². The van der Waals surface area contributed by atoms with Gasteiger partial charge in [0, 0.05) is 6.92 Å². The van der Waals surface area contributed by atoms with E-state index >= 15 is 0 Å². The lowest BCUT2D eigenvalue weighted by Crippen LogP contribution is -2.10. The summed E-state index contributed by atoms with van der Waals surface area (Å²) in [6.07, 6.45) is 1.49. The molecular weight excluding hydrogens is 256 g/mol. The van der Waals surface area contributed by atoms with E-state index in [4.69, 9.17) is 4.74 Å². The van der Waals surface area contributed by atoms with Gasteiger partial charge in [0.15, 0.2) is 0 Å². The molecule has 0 aromatic heterocycles. The summed E-state index contributed by atoms with van der Waals surface area (Å²) in [5.41, 5.74) is 0.755. The van der Waals surface area contributed by atoms with E-state index in [0.717, 1.165) is 16.3 Å². The average molecular weight is 270 g/mol. The lowest BCUT2D eigenvalue weighted by Gasteiger charge is -2.05. The van der Waals surface area contributed by atoms with Gasteiger partial charge in [-0.15, -0.1) is 0 Å². The molecular formula is C16H14O4. The minimum atomic E-state index is -0.687. The Bertz CT molecular complexity index is 686. The van der Waals surface area contributed by atoms with Crippen LogP contribution in [0, 0.1) is 0 Å². The van der Waals surface area contributed by atoms with Crippen molar-refractivity contribution >= 4 is 28.8 Å². The van der Waals surface area contributed by atoms with Crippen LogP contribution in [0.15, 0.2) is 48.2 Å². The van der Waals surface area contributed by atoms with Crippen molar-refractivity contribution in [3.05, 3.63) is 53.8 Å². The predicted octanol–water partition coefficient (Wildman–Crippen LogP) is 2.92. The molecule has 0 aliphatic heterocycles. The monoisotopic (exact) mass is 270 g/mol. The second kappa shape index (κ2) is 6.02. The number of hydrogen-bond donors (Lipinski definition) is 0. The summed E-state index contributed by atoms with van der Waals surface area (Å²) in [5.74, 6) is -1.38. The number of benzene rings is 2. The molecule has 0 radical (unpaired) electrons. The van der Waals surface area contributed by atoms with Gasteiger partial charge in [-0.25, -0.2) is 4.79 Å². The SMILES string of the molecule is COC(=O)/C(=C/c1ccc2ccccc2c1)OC(C)=O. The zero-order valence-corrected chi connectivity index (χ0v) is 11.3. The largest absolute Gasteiger partial charge is 0.463 e. The van der Waals surface area contributed by atoms with Crippen molar-refractivity contribution in [1.82, 2.24) is 0 Å². The fourth-order valence-corrected chi connectivity index (χ4v) is 1.83. The molecule has 0 spiro atoms. The van der Waals surface area contributed by atoms with Crippen molar-refractivity contribution < 1.29 is 19.1 Å². The van der Waals surface area contributed by atoms with E-state index in [1.54, 1.807) is 0 Å². The molecule has 20 heavy (non-hydrogen) atoms. The van der Waals surface area contributed by atoms with Crippen molar-refractivity contribution in [2.24, 2.45) is 0 Å². The van der Waals surface area contributed by atoms with Crippen LogP contribution in [0.25, 0.3) is 16.8 Å². The molecule has 0 aliphatic rings. The average Bonchev–Trinajstić information content (AvgIpc) is 2.45. The van der Waals surface area contributed by atoms with Crippen molar-refractivity contribution in [3.8, 4) is 0 Å². The van der Waals surface area contributed by atoms with E-state index in [-0.39, 0.29) is 5.76 Å². The summed E-state index contributed by atoms with van der Waals surface area (Å²) in [6, 6.07) is 13.5. The fourth-order valence-electron chi connectivity index (χ4n) is 1.83. The van der Waals surface area contributed by atoms with E-state index < -0.39 is 11.9 Å². The number of esters is 2. The molecule has 0 atom stereocenters. The maximum absolute atomic E-state index is 11.5. The third-order valence-corrected chi connectivity index (χ3v) is 2.71. The third kappa shape index (κ3) is 3.23. The molecule has 0 saturated carbocycles. The van der Waals surface area contributed by atoms with Gasteiger partial charge in [-0.2, -0.15) is 0 Å². The van der Waals surface area contributed by atoms with Gasteiger partial charge in [-0.1, -0.05) is 36.4 Å². The lowest BCUT2D eigenvalue weighted by molar-refractivity contribution is -0.148. The van der Waals surface area contributed by atoms with Gasteiger partial charge in [0.1, 0.15) is 0 Å². The molecule has 4 heteroatoms. The first-order valence-corrected chi connectivity index (χ1v) is 6.07. The van der Waals surface area contributed by atoms with Gasteiger partial charge < -0.3 is 9.47 Å². The van der Waals surface area contributed by atoms with Gasteiger partial charge >= 0.3 is 11.9 Å². The van der Waals surface area contributed by atoms with Crippen molar-refractivity contribution in [2.75, 3.05) is 7.11 Å². The van der Waals surface area contributed by atoms with E-state index in [1.807, 2.05) is 42.5 Å². The lowest BCUT2D eigenvalue weighted by atomic mass is 10.1. The second-order valence-corrected chi connectivity index (χ2v) is 4.20. The van der Waals surface area contributed by atoms with Gasteiger partial charge in [0.05, 0.1) is 7.11 Å². The highest BCUT2D eigenvalue weighted by atomic mass is 16.6. The highest BCUT2D eigenvalue weighted by molar-refractivity contribution is 5.95. The Kier molecular flexibility index (Phi) is 4.15. The third-order valence-electron chi connectivity index (χ3n) is 2.71. The number of hydrogen-bond acceptors (Lipinski definition) is 4. The van der Waals surface area contributed by atoms with Crippen LogP contribution in [0.3, 0.4) is 0 Å². The van der Waals surface area contributed by atoms with Crippen LogP contribution in [0.5, 0.6) is 0 Å². The second-order valence-electron chi connectivity index (χ2n) is 4.20. The highest BCUT2D eigenvalue weighted by Gasteiger charge is 2.13. The first-order chi connectivity index (χ1) is 9.60. The predicted molar refractivity (Wildman–Crippen MR) is 75.7 cm³/mol. The fraction of sp³-hybridized carbons (Fsp3) is 0.125. The van der Waals surface area contributed by atoms with E-state index in [1.165, 1.54) is 20.1 Å². The smallest absolute Gasteiger partial charge is 0.374 e. The maximum Gasteiger partial charge on any atom is 0.374 e. The molecule has 0 unspecified atom stereocenters. The summed E-state index contributed by atoms with van der Waals surface area (Å²) >= 11 is 0. The first-order valence-electron chi connectivity index (χ1n) is 6.07. The number of carbonyl (C=O) groups excluding carboxylic acids is 2. The quantitative estimate of drug-likeness (QED) is 0.489. The molecule has 0 N–H and O–H groups in total. The first kappa shape index (κ1) is 13.8. The minimum absolute atomic E-state index is 0.129. The van der Waals surface area contributed by atoms with E-state index in [9.17, 15) is 9.59 Å². The van der Waals surface area contributed by atoms with Crippen LogP contribution >= 0.6 is 0 Å². The van der Waals surface area contributed by atoms with Crippen LogP contribution in [-0.4, -0.2) is 19.0 Å². The van der Waals surface area contributed by atoms with Crippen molar-refractivity contribution in [3.63, 3.8) is 0 Å². The number of methoxy groups -OCH3 is 1. The number of fused-ring (bicyclic) bond motifs is 1. The normalized spacial score (nSPS) is 11.2. The molecule has 2 aromatic carbocycles. The standard InChI is InChI=1S/C16H14O4/c1-11(17)20-15(16(18)19-2)10-12-7-8-13-5-3-4-6-14(13)9-12/h3-10H,1-2H3/b15-10-. The Morgan fingerprint density at radius 2 is 1.75 bits per heavy atom. The summed E-state index contributed by atoms with van der Waals surface area (Å²) in [4.78, 5) is 22.6. The van der Waals surface area contributed by atoms with Crippen molar-refractivity contribution in [1.29, 1.82) is 0 Å². The van der Waals surface area contributed by atoms with Gasteiger partial charge in [0.2, 0.25) is 5.76 Å². The molecule has 4 nitrogen and oxygen atoms in total. The van der Waals surface area contributed by atoms with E-state index in [0.29, 0.717) is 0 Å². The Labute approximate surface area is 116 Å². The Balaban J connectivity index is 2.41. The Morgan fingerprint density at radius 3 is 2.40 bits per heavy atom. The summed E-state index contributed by atoms with van der Waals surface area (Å²) in [7, 11) is 1.24. The van der Waals surface area contributed by atoms with Crippen molar-refractivity contribution in [2.45, 2.75) is 6.92 Å². The van der Waals surface area contributed by atoms with Gasteiger partial charge in [-0.3, -0.25) is 4.79 Å². The minimum Gasteiger partial charge on any atom is -0.463 e. The molecule has 0 heterocycles. The molecule has 102 valence electrons. The summed E-state index contributed by atoms with van der Waals surface area (Å²) < 4.78 is 9.46. The molecule has 0 amide bonds. The van der Waals surface area contributed by atoms with Crippen LogP contribution in [0.4, 0.5) is 0 Å². The Hall–Kier alpha value is -2.62. The maximum atomic E-state index is 11.5. The van der Waals surface area contributed by atoms with Crippen LogP contribution in [0.1, 0.15) is 12.5 Å². The van der Waals surface area contributed by atoms with E-state index in [2.05, 4.69) is 4.74 Å². The number of rotatable bonds is 3. The zero-order chi connectivity index (χ0) is 14.5. The molecule has 2 aromatic rings. The molecule has 0 saturated heterocycles.